The van der Waals surface area contributed by atoms with Crippen LogP contribution in [-0.4, -0.2) is 78.2 Å². The van der Waals surface area contributed by atoms with Gasteiger partial charge in [0.1, 0.15) is 17.8 Å². The van der Waals surface area contributed by atoms with E-state index in [0.717, 1.165) is 36.4 Å². The van der Waals surface area contributed by atoms with Crippen LogP contribution in [-0.2, 0) is 31.4 Å². The second kappa shape index (κ2) is 9.34. The Hall–Kier alpha value is -4.21. The second-order valence-electron chi connectivity index (χ2n) is 9.83. The number of imidazole rings is 1. The van der Waals surface area contributed by atoms with E-state index < -0.39 is 0 Å². The Balaban J connectivity index is 1.16. The van der Waals surface area contributed by atoms with Crippen LogP contribution in [0.1, 0.15) is 28.5 Å². The molecule has 2 aliphatic rings. The third kappa shape index (κ3) is 4.22. The van der Waals surface area contributed by atoms with Crippen molar-refractivity contribution in [2.45, 2.75) is 32.5 Å². The number of aromatic nitrogens is 5. The van der Waals surface area contributed by atoms with Gasteiger partial charge in [-0.05, 0) is 48.7 Å². The Bertz CT molecular complexity index is 1470. The maximum absolute atomic E-state index is 13.2. The zero-order valence-corrected chi connectivity index (χ0v) is 21.1. The lowest BCUT2D eigenvalue weighted by Crippen LogP contribution is -2.55. The van der Waals surface area contributed by atoms with Crippen molar-refractivity contribution in [1.29, 1.82) is 0 Å². The average Bonchev–Trinajstić information content (AvgIpc) is 3.53. The van der Waals surface area contributed by atoms with E-state index >= 15 is 0 Å². The van der Waals surface area contributed by atoms with E-state index in [1.807, 2.05) is 26.5 Å². The third-order valence-electron chi connectivity index (χ3n) is 7.54. The highest BCUT2D eigenvalue weighted by atomic mass is 16.2. The minimum atomic E-state index is 0.00533. The summed E-state index contributed by atoms with van der Waals surface area (Å²) in [7, 11) is 1.80. The van der Waals surface area contributed by atoms with Gasteiger partial charge >= 0.3 is 0 Å². The third-order valence-corrected chi connectivity index (χ3v) is 7.54. The number of fused-ring (bicyclic) bond motifs is 2. The molecular weight excluding hydrogens is 468 g/mol. The van der Waals surface area contributed by atoms with Crippen LogP contribution in [0.5, 0.6) is 0 Å². The molecule has 0 N–H and O–H groups in total. The number of piperazine rings is 1. The molecule has 0 bridgehead atoms. The molecule has 6 rings (SSSR count). The van der Waals surface area contributed by atoms with Crippen LogP contribution in [0.25, 0.3) is 11.2 Å². The van der Waals surface area contributed by atoms with Gasteiger partial charge in [0.15, 0.2) is 5.65 Å². The van der Waals surface area contributed by atoms with Crippen LogP contribution < -0.4 is 4.90 Å². The summed E-state index contributed by atoms with van der Waals surface area (Å²) >= 11 is 0. The highest BCUT2D eigenvalue weighted by molar-refractivity contribution is 5.92. The van der Waals surface area contributed by atoms with E-state index in [2.05, 4.69) is 45.1 Å². The molecule has 190 valence electrons. The summed E-state index contributed by atoms with van der Waals surface area (Å²) in [5, 5.41) is 4.16. The van der Waals surface area contributed by atoms with E-state index in [4.69, 9.17) is 0 Å². The first-order valence-corrected chi connectivity index (χ1v) is 12.7. The normalized spacial score (nSPS) is 17.8. The molecule has 5 heterocycles. The highest BCUT2D eigenvalue weighted by Crippen LogP contribution is 2.31. The van der Waals surface area contributed by atoms with Crippen LogP contribution in [0.3, 0.4) is 0 Å². The number of carbonyl (C=O) groups is 2. The lowest BCUT2D eigenvalue weighted by molar-refractivity contribution is -0.134. The summed E-state index contributed by atoms with van der Waals surface area (Å²) in [4.78, 5) is 41.4. The first-order chi connectivity index (χ1) is 18.0. The average molecular weight is 499 g/mol. The molecule has 2 aliphatic heterocycles. The van der Waals surface area contributed by atoms with Gasteiger partial charge in [-0.25, -0.2) is 9.97 Å². The molecule has 2 amide bonds. The van der Waals surface area contributed by atoms with Crippen molar-refractivity contribution in [2.75, 3.05) is 31.1 Å². The summed E-state index contributed by atoms with van der Waals surface area (Å²) < 4.78 is 3.45. The molecule has 3 aromatic heterocycles. The molecule has 1 aromatic carbocycles. The van der Waals surface area contributed by atoms with E-state index in [0.29, 0.717) is 25.3 Å². The quantitative estimate of drug-likeness (QED) is 0.428. The van der Waals surface area contributed by atoms with Gasteiger partial charge in [-0.15, -0.1) is 0 Å². The first-order valence-electron chi connectivity index (χ1n) is 12.7. The van der Waals surface area contributed by atoms with Gasteiger partial charge in [-0.3, -0.25) is 14.3 Å². The lowest BCUT2D eigenvalue weighted by atomic mass is 9.96. The van der Waals surface area contributed by atoms with Crippen molar-refractivity contribution in [2.24, 2.45) is 7.05 Å². The molecule has 1 saturated heterocycles. The van der Waals surface area contributed by atoms with Crippen molar-refractivity contribution >= 4 is 28.7 Å². The summed E-state index contributed by atoms with van der Waals surface area (Å²) in [5.41, 5.74) is 5.76. The summed E-state index contributed by atoms with van der Waals surface area (Å²) in [6, 6.07) is 12.0. The molecule has 1 atom stereocenters. The smallest absolute Gasteiger partial charge is 0.272 e. The monoisotopic (exact) mass is 498 g/mol. The van der Waals surface area contributed by atoms with Gasteiger partial charge in [-0.2, -0.15) is 5.10 Å². The number of aryl methyl sites for hydroxylation is 1. The highest BCUT2D eigenvalue weighted by Gasteiger charge is 2.31. The van der Waals surface area contributed by atoms with Crippen molar-refractivity contribution in [3.8, 4) is 0 Å². The molecule has 0 spiro atoms. The number of carbonyl (C=O) groups excluding carboxylic acids is 2. The molecule has 0 radical (unpaired) electrons. The lowest BCUT2D eigenvalue weighted by Gasteiger charge is -2.42. The maximum atomic E-state index is 13.2. The van der Waals surface area contributed by atoms with Crippen LogP contribution in [0, 0.1) is 0 Å². The predicted octanol–water partition coefficient (Wildman–Crippen LogP) is 2.10. The van der Waals surface area contributed by atoms with E-state index in [-0.39, 0.29) is 24.4 Å². The minimum absolute atomic E-state index is 0.00533. The number of rotatable bonds is 4. The number of anilines is 1. The molecular formula is C27H30N8O2. The van der Waals surface area contributed by atoms with Gasteiger partial charge in [0.25, 0.3) is 5.91 Å². The summed E-state index contributed by atoms with van der Waals surface area (Å²) in [6.45, 7) is 5.71. The zero-order valence-electron chi connectivity index (χ0n) is 21.1. The van der Waals surface area contributed by atoms with Gasteiger partial charge in [0.05, 0.1) is 6.33 Å². The molecule has 0 saturated carbocycles. The standard InChI is InChI=1S/C27H30N8O2/c1-19-15-32(13-14-35(19)25(36)17-34-18-29-22-6-4-10-28-26(22)34)23-7-3-5-20-9-12-33(16-21(20)23)27(37)24-8-11-30-31(24)2/h3-8,10-11,18-19H,9,12-17H2,1-2H3/t19-/m1/s1. The Morgan fingerprint density at radius 1 is 1.03 bits per heavy atom. The maximum Gasteiger partial charge on any atom is 0.272 e. The minimum Gasteiger partial charge on any atom is -0.367 e. The number of hydrogen-bond acceptors (Lipinski definition) is 6. The fourth-order valence-electron chi connectivity index (χ4n) is 5.57. The van der Waals surface area contributed by atoms with Crippen LogP contribution in [0.15, 0.2) is 55.1 Å². The second-order valence-corrected chi connectivity index (χ2v) is 9.83. The van der Waals surface area contributed by atoms with Crippen LogP contribution >= 0.6 is 0 Å². The van der Waals surface area contributed by atoms with Gasteiger partial charge < -0.3 is 19.3 Å². The number of benzene rings is 1. The van der Waals surface area contributed by atoms with Crippen molar-refractivity contribution < 1.29 is 9.59 Å². The van der Waals surface area contributed by atoms with E-state index in [9.17, 15) is 9.59 Å². The summed E-state index contributed by atoms with van der Waals surface area (Å²) in [6.07, 6.45) is 5.89. The zero-order chi connectivity index (χ0) is 25.5. The molecule has 0 aliphatic carbocycles. The Labute approximate surface area is 215 Å². The van der Waals surface area contributed by atoms with Gasteiger partial charge in [-0.1, -0.05) is 12.1 Å². The number of amides is 2. The van der Waals surface area contributed by atoms with Crippen molar-refractivity contribution in [3.05, 3.63) is 71.9 Å². The number of hydrogen-bond donors (Lipinski definition) is 0. The van der Waals surface area contributed by atoms with Crippen molar-refractivity contribution in [1.82, 2.24) is 34.1 Å². The molecule has 1 fully saturated rings. The molecule has 4 aromatic rings. The predicted molar refractivity (Wildman–Crippen MR) is 139 cm³/mol. The fourth-order valence-corrected chi connectivity index (χ4v) is 5.57. The molecule has 10 nitrogen and oxygen atoms in total. The largest absolute Gasteiger partial charge is 0.367 e. The molecule has 10 heteroatoms. The topological polar surface area (TPSA) is 92.4 Å². The SMILES string of the molecule is C[C@@H]1CN(c2cccc3c2CN(C(=O)c2ccnn2C)CC3)CCN1C(=O)Cn1cnc2cccnc21. The van der Waals surface area contributed by atoms with Gasteiger partial charge in [0, 0.05) is 63.9 Å². The Morgan fingerprint density at radius 2 is 1.92 bits per heavy atom. The molecule has 0 unspecified atom stereocenters. The summed E-state index contributed by atoms with van der Waals surface area (Å²) in [5.74, 6) is 0.0749. The van der Waals surface area contributed by atoms with Crippen LogP contribution in [0.4, 0.5) is 5.69 Å². The first kappa shape index (κ1) is 23.2. The van der Waals surface area contributed by atoms with E-state index in [1.165, 1.54) is 11.1 Å². The molecule has 37 heavy (non-hydrogen) atoms. The van der Waals surface area contributed by atoms with Crippen LogP contribution in [0.2, 0.25) is 0 Å². The Morgan fingerprint density at radius 3 is 2.73 bits per heavy atom. The van der Waals surface area contributed by atoms with E-state index in [1.54, 1.807) is 36.5 Å². The van der Waals surface area contributed by atoms with Gasteiger partial charge in [0.2, 0.25) is 5.91 Å². The number of nitrogens with zero attached hydrogens (tertiary/aromatic N) is 8. The van der Waals surface area contributed by atoms with Crippen molar-refractivity contribution in [3.63, 3.8) is 0 Å². The Kier molecular flexibility index (Phi) is 5.86. The fraction of sp³-hybridized carbons (Fsp3) is 0.370. The number of pyridine rings is 1.